The Bertz CT molecular complexity index is 206. The summed E-state index contributed by atoms with van der Waals surface area (Å²) in [5.41, 5.74) is 1.15. The van der Waals surface area contributed by atoms with Gasteiger partial charge in [-0.25, -0.2) is 0 Å². The van der Waals surface area contributed by atoms with Crippen LogP contribution in [0.1, 0.15) is 12.8 Å². The van der Waals surface area contributed by atoms with Gasteiger partial charge < -0.3 is 10.4 Å². The Morgan fingerprint density at radius 1 is 1.30 bits per heavy atom. The van der Waals surface area contributed by atoms with E-state index in [9.17, 15) is 0 Å². The van der Waals surface area contributed by atoms with Crippen LogP contribution in [-0.2, 0) is 0 Å². The Hall–Kier alpha value is -1.32. The van der Waals surface area contributed by atoms with Crippen molar-refractivity contribution in [3.63, 3.8) is 0 Å². The summed E-state index contributed by atoms with van der Waals surface area (Å²) in [7, 11) is 0. The molecule has 0 amide bonds. The predicted octanol–water partition coefficient (Wildman–Crippen LogP) is 0.997. The average Bonchev–Trinajstić information content (AvgIpc) is 2.05. The molecule has 1 aliphatic carbocycles. The summed E-state index contributed by atoms with van der Waals surface area (Å²) in [4.78, 5) is 0. The molecule has 0 atom stereocenters. The van der Waals surface area contributed by atoms with Gasteiger partial charge in [0.25, 0.3) is 0 Å². The topological polar surface area (TPSA) is 65.2 Å². The van der Waals surface area contributed by atoms with Crippen molar-refractivity contribution in [1.82, 2.24) is 0 Å². The Balaban J connectivity index is 2.72. The molecule has 2 N–H and O–H groups in total. The van der Waals surface area contributed by atoms with Gasteiger partial charge in [-0.3, -0.25) is 0 Å². The van der Waals surface area contributed by atoms with Gasteiger partial charge in [-0.05, 0) is 6.08 Å². The second-order valence-electron chi connectivity index (χ2n) is 2.04. The van der Waals surface area contributed by atoms with Gasteiger partial charge in [-0.1, -0.05) is 16.4 Å². The first-order chi connectivity index (χ1) is 4.86. The summed E-state index contributed by atoms with van der Waals surface area (Å²) < 4.78 is 0. The van der Waals surface area contributed by atoms with Crippen molar-refractivity contribution in [2.24, 2.45) is 10.3 Å². The van der Waals surface area contributed by atoms with Crippen LogP contribution in [0.3, 0.4) is 0 Å². The van der Waals surface area contributed by atoms with Crippen molar-refractivity contribution >= 4 is 11.4 Å². The Labute approximate surface area is 58.2 Å². The van der Waals surface area contributed by atoms with Crippen LogP contribution < -0.4 is 0 Å². The van der Waals surface area contributed by atoms with Crippen LogP contribution >= 0.6 is 0 Å². The van der Waals surface area contributed by atoms with Crippen molar-refractivity contribution < 1.29 is 10.4 Å². The van der Waals surface area contributed by atoms with Gasteiger partial charge in [0.05, 0.1) is 11.4 Å². The van der Waals surface area contributed by atoms with E-state index in [1.807, 2.05) is 0 Å². The molecule has 1 aliphatic rings. The molecule has 0 aromatic heterocycles. The number of nitrogens with zero attached hydrogens (tertiary/aromatic N) is 2. The Morgan fingerprint density at radius 3 is 2.70 bits per heavy atom. The smallest absolute Gasteiger partial charge is 0.0850 e. The van der Waals surface area contributed by atoms with E-state index in [1.165, 1.54) is 0 Å². The fourth-order valence-electron chi connectivity index (χ4n) is 0.816. The van der Waals surface area contributed by atoms with Crippen LogP contribution in [0.5, 0.6) is 0 Å². The SMILES string of the molecule is ON=C1C=CCC(=NO)C1. The van der Waals surface area contributed by atoms with E-state index in [0.717, 1.165) is 0 Å². The van der Waals surface area contributed by atoms with Crippen molar-refractivity contribution in [3.05, 3.63) is 12.2 Å². The maximum atomic E-state index is 8.32. The second-order valence-corrected chi connectivity index (χ2v) is 2.04. The zero-order chi connectivity index (χ0) is 7.40. The monoisotopic (exact) mass is 140 g/mol. The number of oxime groups is 2. The standard InChI is InChI=1S/C6H8N2O2/c9-7-5-2-1-3-6(4-5)8-10/h1-2,9-10H,3-4H2. The zero-order valence-corrected chi connectivity index (χ0v) is 5.36. The molecule has 4 nitrogen and oxygen atoms in total. The lowest BCUT2D eigenvalue weighted by Gasteiger charge is -2.04. The molecule has 0 aliphatic heterocycles. The zero-order valence-electron chi connectivity index (χ0n) is 5.36. The third-order valence-corrected chi connectivity index (χ3v) is 1.32. The van der Waals surface area contributed by atoms with E-state index in [-0.39, 0.29) is 0 Å². The van der Waals surface area contributed by atoms with Gasteiger partial charge in [0.2, 0.25) is 0 Å². The number of hydrogen-bond acceptors (Lipinski definition) is 4. The molecule has 0 radical (unpaired) electrons. The second kappa shape index (κ2) is 3.00. The minimum absolute atomic E-state index is 0.434. The molecular weight excluding hydrogens is 132 g/mol. The highest BCUT2D eigenvalue weighted by atomic mass is 16.4. The fraction of sp³-hybridized carbons (Fsp3) is 0.333. The molecule has 0 bridgehead atoms. The first-order valence-corrected chi connectivity index (χ1v) is 2.94. The number of allylic oxidation sites excluding steroid dienone is 2. The lowest BCUT2D eigenvalue weighted by molar-refractivity contribution is 0.314. The summed E-state index contributed by atoms with van der Waals surface area (Å²) in [6.07, 6.45) is 4.56. The van der Waals surface area contributed by atoms with Crippen LogP contribution in [-0.4, -0.2) is 21.8 Å². The van der Waals surface area contributed by atoms with E-state index in [4.69, 9.17) is 10.4 Å². The van der Waals surface area contributed by atoms with Crippen LogP contribution in [0, 0.1) is 0 Å². The third-order valence-electron chi connectivity index (χ3n) is 1.32. The van der Waals surface area contributed by atoms with E-state index >= 15 is 0 Å². The maximum absolute atomic E-state index is 8.32. The molecule has 0 fully saturated rings. The van der Waals surface area contributed by atoms with Crippen LogP contribution in [0.4, 0.5) is 0 Å². The molecule has 0 saturated heterocycles. The Morgan fingerprint density at radius 2 is 2.10 bits per heavy atom. The van der Waals surface area contributed by atoms with E-state index < -0.39 is 0 Å². The molecule has 0 unspecified atom stereocenters. The number of hydrogen-bond donors (Lipinski definition) is 2. The van der Waals surface area contributed by atoms with Gasteiger partial charge in [0, 0.05) is 12.8 Å². The normalized spacial score (nSPS) is 26.0. The first kappa shape index (κ1) is 6.80. The summed E-state index contributed by atoms with van der Waals surface area (Å²) in [6, 6.07) is 0. The summed E-state index contributed by atoms with van der Waals surface area (Å²) in [6.45, 7) is 0. The van der Waals surface area contributed by atoms with E-state index in [2.05, 4.69) is 10.3 Å². The van der Waals surface area contributed by atoms with E-state index in [1.54, 1.807) is 12.2 Å². The predicted molar refractivity (Wildman–Crippen MR) is 36.8 cm³/mol. The van der Waals surface area contributed by atoms with Crippen molar-refractivity contribution in [1.29, 1.82) is 0 Å². The summed E-state index contributed by atoms with van der Waals surface area (Å²) in [5, 5.41) is 22.6. The molecule has 0 aromatic rings. The summed E-state index contributed by atoms with van der Waals surface area (Å²) in [5.74, 6) is 0. The maximum Gasteiger partial charge on any atom is 0.0850 e. The van der Waals surface area contributed by atoms with Gasteiger partial charge in [-0.15, -0.1) is 0 Å². The molecular formula is C6H8N2O2. The van der Waals surface area contributed by atoms with E-state index in [0.29, 0.717) is 24.3 Å². The van der Waals surface area contributed by atoms with Crippen molar-refractivity contribution in [2.45, 2.75) is 12.8 Å². The molecule has 54 valence electrons. The minimum Gasteiger partial charge on any atom is -0.411 e. The van der Waals surface area contributed by atoms with Gasteiger partial charge in [-0.2, -0.15) is 0 Å². The van der Waals surface area contributed by atoms with Gasteiger partial charge in [0.15, 0.2) is 0 Å². The third kappa shape index (κ3) is 1.34. The molecule has 0 heterocycles. The van der Waals surface area contributed by atoms with Crippen molar-refractivity contribution in [3.8, 4) is 0 Å². The molecule has 10 heavy (non-hydrogen) atoms. The van der Waals surface area contributed by atoms with Crippen LogP contribution in [0.25, 0.3) is 0 Å². The number of rotatable bonds is 0. The highest BCUT2D eigenvalue weighted by Crippen LogP contribution is 2.04. The average molecular weight is 140 g/mol. The van der Waals surface area contributed by atoms with Crippen LogP contribution in [0.2, 0.25) is 0 Å². The molecule has 1 rings (SSSR count). The largest absolute Gasteiger partial charge is 0.411 e. The molecule has 0 aromatic carbocycles. The highest BCUT2D eigenvalue weighted by Gasteiger charge is 2.07. The minimum atomic E-state index is 0.434. The van der Waals surface area contributed by atoms with Crippen LogP contribution in [0.15, 0.2) is 22.5 Å². The Kier molecular flexibility index (Phi) is 2.04. The molecule has 0 saturated carbocycles. The quantitative estimate of drug-likeness (QED) is 0.389. The fourth-order valence-corrected chi connectivity index (χ4v) is 0.816. The summed E-state index contributed by atoms with van der Waals surface area (Å²) >= 11 is 0. The highest BCUT2D eigenvalue weighted by molar-refractivity contribution is 6.11. The molecule has 4 heteroatoms. The first-order valence-electron chi connectivity index (χ1n) is 2.94. The van der Waals surface area contributed by atoms with Gasteiger partial charge >= 0.3 is 0 Å². The molecule has 0 spiro atoms. The van der Waals surface area contributed by atoms with Gasteiger partial charge in [0.1, 0.15) is 0 Å². The van der Waals surface area contributed by atoms with Crippen molar-refractivity contribution in [2.75, 3.05) is 0 Å². The lowest BCUT2D eigenvalue weighted by Crippen LogP contribution is -2.09. The lowest BCUT2D eigenvalue weighted by atomic mass is 10.0.